The van der Waals surface area contributed by atoms with Crippen molar-refractivity contribution in [1.82, 2.24) is 0 Å². The maximum absolute atomic E-state index is 13.8. The van der Waals surface area contributed by atoms with Gasteiger partial charge in [-0.25, -0.2) is 0 Å². The van der Waals surface area contributed by atoms with Crippen molar-refractivity contribution in [1.29, 1.82) is 0 Å². The first kappa shape index (κ1) is 25.4. The van der Waals surface area contributed by atoms with E-state index >= 15 is 0 Å². The molecule has 0 saturated heterocycles. The van der Waals surface area contributed by atoms with E-state index in [1.807, 2.05) is 42.5 Å². The number of ketones is 1. The zero-order valence-electron chi connectivity index (χ0n) is 19.4. The summed E-state index contributed by atoms with van der Waals surface area (Å²) in [6.07, 6.45) is 1.61. The van der Waals surface area contributed by atoms with Gasteiger partial charge in [0.1, 0.15) is 5.76 Å². The predicted molar refractivity (Wildman–Crippen MR) is 137 cm³/mol. The van der Waals surface area contributed by atoms with E-state index in [0.717, 1.165) is 0 Å². The summed E-state index contributed by atoms with van der Waals surface area (Å²) in [5.41, 5.74) is 2.20. The van der Waals surface area contributed by atoms with Crippen LogP contribution in [-0.2, 0) is 13.6 Å². The molecule has 5 nitrogen and oxygen atoms in total. The summed E-state index contributed by atoms with van der Waals surface area (Å²) in [7, 11) is -3.43. The highest BCUT2D eigenvalue weighted by Gasteiger charge is 2.27. The molecule has 1 N–H and O–H groups in total. The predicted octanol–water partition coefficient (Wildman–Crippen LogP) is 7.19. The van der Waals surface area contributed by atoms with Crippen LogP contribution < -0.4 is 0 Å². The van der Waals surface area contributed by atoms with Crippen LogP contribution in [-0.4, -0.2) is 30.3 Å². The van der Waals surface area contributed by atoms with Crippen molar-refractivity contribution in [3.05, 3.63) is 119 Å². The summed E-state index contributed by atoms with van der Waals surface area (Å²) in [4.78, 5) is 13.8. The Kier molecular flexibility index (Phi) is 9.17. The highest BCUT2D eigenvalue weighted by Crippen LogP contribution is 2.49. The van der Waals surface area contributed by atoms with Gasteiger partial charge in [-0.05, 0) is 25.0 Å². The molecular weight excluding hydrogens is 447 g/mol. The number of hydrogen-bond acceptors (Lipinski definition) is 5. The Labute approximate surface area is 200 Å². The highest BCUT2D eigenvalue weighted by molar-refractivity contribution is 7.54. The van der Waals surface area contributed by atoms with E-state index in [4.69, 9.17) is 9.05 Å². The van der Waals surface area contributed by atoms with Gasteiger partial charge < -0.3 is 14.2 Å². The van der Waals surface area contributed by atoms with Crippen molar-refractivity contribution in [2.24, 2.45) is 0 Å². The molecule has 0 saturated carbocycles. The van der Waals surface area contributed by atoms with E-state index in [1.54, 1.807) is 68.5 Å². The zero-order valence-corrected chi connectivity index (χ0v) is 20.3. The van der Waals surface area contributed by atoms with Gasteiger partial charge in [0.25, 0.3) is 0 Å². The molecule has 0 spiro atoms. The fraction of sp³-hybridized carbons (Fsp3) is 0.179. The summed E-state index contributed by atoms with van der Waals surface area (Å²) in [6.45, 7) is 3.96. The van der Waals surface area contributed by atoms with Crippen LogP contribution in [0.15, 0.2) is 103 Å². The number of allylic oxidation sites excluding steroid dienone is 3. The topological polar surface area (TPSA) is 72.8 Å². The van der Waals surface area contributed by atoms with E-state index < -0.39 is 7.60 Å². The van der Waals surface area contributed by atoms with E-state index in [-0.39, 0.29) is 36.5 Å². The molecule has 0 bridgehead atoms. The molecule has 3 rings (SSSR count). The third-order valence-electron chi connectivity index (χ3n) is 5.07. The van der Waals surface area contributed by atoms with E-state index in [9.17, 15) is 14.5 Å². The minimum absolute atomic E-state index is 0.0491. The number of hydrogen-bond donors (Lipinski definition) is 1. The lowest BCUT2D eigenvalue weighted by atomic mass is 9.89. The standard InChI is InChI=1S/C28H29O5P/c1-3-32-34(31,33-4-2)21-20-25(22-14-8-5-9-15-22)26(27(29)23-16-10-6-11-17-23)28(30)24-18-12-7-13-19-24/h5-20,29H,3-4,21H2,1-2H3/b25-20+,27-26-. The lowest BCUT2D eigenvalue weighted by Crippen LogP contribution is -2.10. The Bertz CT molecular complexity index is 1180. The molecule has 0 aliphatic carbocycles. The van der Waals surface area contributed by atoms with Crippen LogP contribution in [0.25, 0.3) is 11.3 Å². The first-order valence-electron chi connectivity index (χ1n) is 11.2. The van der Waals surface area contributed by atoms with Crippen LogP contribution in [0, 0.1) is 0 Å². The number of carbonyl (C=O) groups excluding carboxylic acids is 1. The Morgan fingerprint density at radius 2 is 1.21 bits per heavy atom. The van der Waals surface area contributed by atoms with Crippen molar-refractivity contribution < 1.29 is 23.5 Å². The van der Waals surface area contributed by atoms with Gasteiger partial charge in [-0.15, -0.1) is 0 Å². The molecule has 0 unspecified atom stereocenters. The molecule has 3 aromatic carbocycles. The third-order valence-corrected chi connectivity index (χ3v) is 7.00. The number of rotatable bonds is 11. The molecule has 0 aromatic heterocycles. The maximum atomic E-state index is 13.8. The monoisotopic (exact) mass is 476 g/mol. The molecule has 6 heteroatoms. The van der Waals surface area contributed by atoms with Crippen molar-refractivity contribution in [3.8, 4) is 0 Å². The van der Waals surface area contributed by atoms with Gasteiger partial charge in [0.05, 0.1) is 24.9 Å². The number of benzene rings is 3. The number of aliphatic hydroxyl groups is 1. The maximum Gasteiger partial charge on any atom is 0.334 e. The number of carbonyl (C=O) groups is 1. The fourth-order valence-corrected chi connectivity index (χ4v) is 5.03. The Balaban J connectivity index is 2.24. The Morgan fingerprint density at radius 3 is 1.68 bits per heavy atom. The first-order valence-corrected chi connectivity index (χ1v) is 12.9. The van der Waals surface area contributed by atoms with E-state index in [0.29, 0.717) is 22.3 Å². The molecular formula is C28H29O5P. The summed E-state index contributed by atoms with van der Waals surface area (Å²) >= 11 is 0. The lowest BCUT2D eigenvalue weighted by Gasteiger charge is -2.18. The molecule has 0 atom stereocenters. The van der Waals surface area contributed by atoms with Gasteiger partial charge >= 0.3 is 7.60 Å². The smallest absolute Gasteiger partial charge is 0.334 e. The van der Waals surface area contributed by atoms with Gasteiger partial charge in [-0.3, -0.25) is 9.36 Å². The second-order valence-corrected chi connectivity index (χ2v) is 9.50. The largest absolute Gasteiger partial charge is 0.507 e. The van der Waals surface area contributed by atoms with Crippen LogP contribution >= 0.6 is 7.60 Å². The van der Waals surface area contributed by atoms with Crippen LogP contribution in [0.3, 0.4) is 0 Å². The first-order chi connectivity index (χ1) is 16.5. The number of Topliss-reactive ketones (excluding diaryl/α,β-unsaturated/α-hetero) is 1. The Hall–Kier alpha value is -3.24. The van der Waals surface area contributed by atoms with Gasteiger partial charge in [0, 0.05) is 11.1 Å². The summed E-state index contributed by atoms with van der Waals surface area (Å²) in [5, 5.41) is 11.4. The summed E-state index contributed by atoms with van der Waals surface area (Å²) < 4.78 is 24.1. The molecule has 0 fully saturated rings. The lowest BCUT2D eigenvalue weighted by molar-refractivity contribution is 0.103. The molecule has 0 aliphatic heterocycles. The molecule has 176 valence electrons. The molecule has 0 aliphatic rings. The van der Waals surface area contributed by atoms with Gasteiger partial charge in [0.15, 0.2) is 5.78 Å². The second-order valence-electron chi connectivity index (χ2n) is 7.40. The van der Waals surface area contributed by atoms with Crippen LogP contribution in [0.4, 0.5) is 0 Å². The average molecular weight is 477 g/mol. The average Bonchev–Trinajstić information content (AvgIpc) is 2.88. The van der Waals surface area contributed by atoms with Crippen molar-refractivity contribution >= 4 is 24.7 Å². The van der Waals surface area contributed by atoms with E-state index in [2.05, 4.69) is 0 Å². The minimum Gasteiger partial charge on any atom is -0.507 e. The zero-order chi connectivity index (χ0) is 24.4. The van der Waals surface area contributed by atoms with Gasteiger partial charge in [0.2, 0.25) is 0 Å². The molecule has 0 amide bonds. The minimum atomic E-state index is -3.43. The highest BCUT2D eigenvalue weighted by atomic mass is 31.2. The van der Waals surface area contributed by atoms with E-state index in [1.165, 1.54) is 0 Å². The third kappa shape index (κ3) is 6.42. The van der Waals surface area contributed by atoms with Crippen LogP contribution in [0.1, 0.15) is 35.3 Å². The van der Waals surface area contributed by atoms with Gasteiger partial charge in [-0.1, -0.05) is 97.1 Å². The molecule has 3 aromatic rings. The van der Waals surface area contributed by atoms with Crippen LogP contribution in [0.2, 0.25) is 0 Å². The van der Waals surface area contributed by atoms with Crippen molar-refractivity contribution in [2.45, 2.75) is 13.8 Å². The molecule has 0 heterocycles. The normalized spacial score (nSPS) is 12.8. The van der Waals surface area contributed by atoms with Crippen molar-refractivity contribution in [2.75, 3.05) is 19.4 Å². The van der Waals surface area contributed by atoms with Gasteiger partial charge in [-0.2, -0.15) is 0 Å². The molecule has 0 radical (unpaired) electrons. The quantitative estimate of drug-likeness (QED) is 0.104. The SMILES string of the molecule is CCOP(=O)(C/C=C(/C(C(=O)c1ccccc1)=C(/O)c1ccccc1)c1ccccc1)OCC. The summed E-state index contributed by atoms with van der Waals surface area (Å²) in [5.74, 6) is -0.507. The summed E-state index contributed by atoms with van der Waals surface area (Å²) in [6, 6.07) is 26.9. The molecule has 34 heavy (non-hydrogen) atoms. The second kappa shape index (κ2) is 12.3. The van der Waals surface area contributed by atoms with Crippen LogP contribution in [0.5, 0.6) is 0 Å². The number of aliphatic hydroxyl groups excluding tert-OH is 1. The fourth-order valence-electron chi connectivity index (χ4n) is 3.55. The Morgan fingerprint density at radius 1 is 0.765 bits per heavy atom. The van der Waals surface area contributed by atoms with Crippen molar-refractivity contribution in [3.63, 3.8) is 0 Å².